The van der Waals surface area contributed by atoms with Crippen LogP contribution in [0.1, 0.15) is 52.5 Å². The van der Waals surface area contributed by atoms with Gasteiger partial charge in [0, 0.05) is 29.3 Å². The van der Waals surface area contributed by atoms with Gasteiger partial charge in [-0.1, -0.05) is 12.1 Å². The lowest BCUT2D eigenvalue weighted by molar-refractivity contribution is 0.0635. The smallest absolute Gasteiger partial charge is 0.254 e. The van der Waals surface area contributed by atoms with E-state index < -0.39 is 9.84 Å². The normalized spacial score (nSPS) is 21.0. The summed E-state index contributed by atoms with van der Waals surface area (Å²) in [4.78, 5) is 27.3. The van der Waals surface area contributed by atoms with Gasteiger partial charge in [0.1, 0.15) is 0 Å². The highest BCUT2D eigenvalue weighted by atomic mass is 32.2. The Balaban J connectivity index is 1.81. The molecule has 0 saturated carbocycles. The topological polar surface area (TPSA) is 71.5 Å². The third-order valence-electron chi connectivity index (χ3n) is 5.25. The monoisotopic (exact) mass is 369 g/mol. The molecule has 2 heterocycles. The van der Waals surface area contributed by atoms with E-state index >= 15 is 0 Å². The van der Waals surface area contributed by atoms with Crippen LogP contribution in [0.5, 0.6) is 0 Å². The van der Waals surface area contributed by atoms with Crippen molar-refractivity contribution in [1.82, 2.24) is 4.90 Å². The first-order chi connectivity index (χ1) is 12.4. The van der Waals surface area contributed by atoms with Crippen LogP contribution in [0.25, 0.3) is 0 Å². The number of benzene rings is 2. The second-order valence-electron chi connectivity index (χ2n) is 6.88. The van der Waals surface area contributed by atoms with Crippen LogP contribution in [0.2, 0.25) is 0 Å². The highest BCUT2D eigenvalue weighted by molar-refractivity contribution is 7.91. The van der Waals surface area contributed by atoms with E-state index in [2.05, 4.69) is 0 Å². The van der Waals surface area contributed by atoms with Gasteiger partial charge in [0.05, 0.1) is 9.79 Å². The van der Waals surface area contributed by atoms with Gasteiger partial charge in [-0.25, -0.2) is 8.42 Å². The third-order valence-corrected chi connectivity index (χ3v) is 7.10. The number of carbonyl (C=O) groups is 2. The van der Waals surface area contributed by atoms with Crippen molar-refractivity contribution in [2.75, 3.05) is 6.54 Å². The van der Waals surface area contributed by atoms with Crippen LogP contribution >= 0.6 is 0 Å². The zero-order chi connectivity index (χ0) is 18.5. The minimum atomic E-state index is -3.83. The second kappa shape index (κ2) is 6.06. The maximum absolute atomic E-state index is 13.0. The minimum absolute atomic E-state index is 0.00781. The molecule has 0 spiro atoms. The Morgan fingerprint density at radius 1 is 1.04 bits per heavy atom. The molecule has 2 aliphatic heterocycles. The van der Waals surface area contributed by atoms with Crippen molar-refractivity contribution in [3.63, 3.8) is 0 Å². The van der Waals surface area contributed by atoms with Crippen LogP contribution in [0, 0.1) is 0 Å². The van der Waals surface area contributed by atoms with E-state index in [4.69, 9.17) is 0 Å². The number of carbonyl (C=O) groups excluding carboxylic acids is 2. The number of hydrogen-bond acceptors (Lipinski definition) is 4. The first kappa shape index (κ1) is 17.0. The summed E-state index contributed by atoms with van der Waals surface area (Å²) in [5.74, 6) is -0.503. The van der Waals surface area contributed by atoms with E-state index in [0.29, 0.717) is 12.1 Å². The average Bonchev–Trinajstić information content (AvgIpc) is 2.66. The van der Waals surface area contributed by atoms with Crippen molar-refractivity contribution in [1.29, 1.82) is 0 Å². The molecule has 1 amide bonds. The average molecular weight is 369 g/mol. The van der Waals surface area contributed by atoms with Crippen molar-refractivity contribution < 1.29 is 18.0 Å². The molecule has 0 bridgehead atoms. The predicted molar refractivity (Wildman–Crippen MR) is 96.1 cm³/mol. The number of piperidine rings is 1. The molecule has 0 radical (unpaired) electrons. The molecule has 2 aromatic rings. The Morgan fingerprint density at radius 2 is 1.77 bits per heavy atom. The summed E-state index contributed by atoms with van der Waals surface area (Å²) in [6.07, 6.45) is 2.99. The highest BCUT2D eigenvalue weighted by Crippen LogP contribution is 2.35. The largest absolute Gasteiger partial charge is 0.336 e. The van der Waals surface area contributed by atoms with Crippen molar-refractivity contribution in [2.24, 2.45) is 0 Å². The number of hydrogen-bond donors (Lipinski definition) is 0. The van der Waals surface area contributed by atoms with Crippen molar-refractivity contribution >= 4 is 21.5 Å². The van der Waals surface area contributed by atoms with E-state index in [-0.39, 0.29) is 38.7 Å². The van der Waals surface area contributed by atoms with Gasteiger partial charge in [-0.2, -0.15) is 0 Å². The lowest BCUT2D eigenvalue weighted by Crippen LogP contribution is -2.42. The number of amides is 1. The Bertz CT molecular complexity index is 1030. The minimum Gasteiger partial charge on any atom is -0.336 e. The van der Waals surface area contributed by atoms with Crippen LogP contribution in [0.4, 0.5) is 0 Å². The Hall–Kier alpha value is -2.47. The second-order valence-corrected chi connectivity index (χ2v) is 8.77. The maximum atomic E-state index is 13.0. The summed E-state index contributed by atoms with van der Waals surface area (Å²) < 4.78 is 26.0. The fourth-order valence-electron chi connectivity index (χ4n) is 3.78. The summed E-state index contributed by atoms with van der Waals surface area (Å²) in [7, 11) is -3.83. The Kier molecular flexibility index (Phi) is 3.95. The van der Waals surface area contributed by atoms with Crippen LogP contribution in [0.3, 0.4) is 0 Å². The molecule has 6 heteroatoms. The number of sulfone groups is 1. The fourth-order valence-corrected chi connectivity index (χ4v) is 5.46. The van der Waals surface area contributed by atoms with Gasteiger partial charge in [0.25, 0.3) is 5.91 Å². The third kappa shape index (κ3) is 2.48. The summed E-state index contributed by atoms with van der Waals surface area (Å²) in [6, 6.07) is 10.7. The predicted octanol–water partition coefficient (Wildman–Crippen LogP) is 3.08. The molecule has 26 heavy (non-hydrogen) atoms. The lowest BCUT2D eigenvalue weighted by atomic mass is 9.99. The highest BCUT2D eigenvalue weighted by Gasteiger charge is 2.35. The van der Waals surface area contributed by atoms with Gasteiger partial charge in [-0.15, -0.1) is 0 Å². The van der Waals surface area contributed by atoms with E-state index in [1.165, 1.54) is 24.3 Å². The van der Waals surface area contributed by atoms with Gasteiger partial charge in [0.2, 0.25) is 9.84 Å². The van der Waals surface area contributed by atoms with E-state index in [0.717, 1.165) is 19.3 Å². The molecule has 0 aliphatic carbocycles. The summed E-state index contributed by atoms with van der Waals surface area (Å²) in [5, 5.41) is 0. The van der Waals surface area contributed by atoms with E-state index in [1.54, 1.807) is 23.1 Å². The standard InChI is InChI=1S/C20H19NO4S/c1-13-6-4-5-11-21(13)20(23)14-9-10-16-18(12-14)26(24,25)17-8-3-2-7-15(17)19(16)22/h2-3,7-10,12-13H,4-6,11H2,1H3/t13-/m1/s1. The maximum Gasteiger partial charge on any atom is 0.254 e. The molecule has 134 valence electrons. The van der Waals surface area contributed by atoms with Gasteiger partial charge in [0.15, 0.2) is 5.78 Å². The van der Waals surface area contributed by atoms with Crippen LogP contribution in [0.15, 0.2) is 52.3 Å². The molecular weight excluding hydrogens is 350 g/mol. The zero-order valence-corrected chi connectivity index (χ0v) is 15.3. The van der Waals surface area contributed by atoms with Gasteiger partial charge in [-0.3, -0.25) is 9.59 Å². The number of nitrogens with zero attached hydrogens (tertiary/aromatic N) is 1. The lowest BCUT2D eigenvalue weighted by Gasteiger charge is -2.33. The molecule has 0 aromatic heterocycles. The Morgan fingerprint density at radius 3 is 2.54 bits per heavy atom. The number of ketones is 1. The van der Waals surface area contributed by atoms with Crippen molar-refractivity contribution in [3.8, 4) is 0 Å². The van der Waals surface area contributed by atoms with E-state index in [1.807, 2.05) is 6.92 Å². The van der Waals surface area contributed by atoms with Crippen LogP contribution in [-0.2, 0) is 9.84 Å². The number of likely N-dealkylation sites (tertiary alicyclic amines) is 1. The quantitative estimate of drug-likeness (QED) is 0.661. The number of fused-ring (bicyclic) bond motifs is 2. The molecule has 4 rings (SSSR count). The molecule has 5 nitrogen and oxygen atoms in total. The molecular formula is C20H19NO4S. The number of rotatable bonds is 1. The molecule has 0 unspecified atom stereocenters. The van der Waals surface area contributed by atoms with Gasteiger partial charge >= 0.3 is 0 Å². The summed E-state index contributed by atoms with van der Waals surface area (Å²) >= 11 is 0. The van der Waals surface area contributed by atoms with Crippen LogP contribution in [-0.4, -0.2) is 37.6 Å². The van der Waals surface area contributed by atoms with Crippen molar-refractivity contribution in [3.05, 3.63) is 59.2 Å². The fraction of sp³-hybridized carbons (Fsp3) is 0.300. The first-order valence-electron chi connectivity index (χ1n) is 8.75. The summed E-state index contributed by atoms with van der Waals surface area (Å²) in [5.41, 5.74) is 0.629. The van der Waals surface area contributed by atoms with Crippen molar-refractivity contribution in [2.45, 2.75) is 42.0 Å². The first-order valence-corrected chi connectivity index (χ1v) is 10.2. The van der Waals surface area contributed by atoms with Crippen LogP contribution < -0.4 is 0 Å². The molecule has 1 fully saturated rings. The molecule has 2 aromatic carbocycles. The Labute approximate surface area is 152 Å². The molecule has 1 saturated heterocycles. The van der Waals surface area contributed by atoms with Gasteiger partial charge < -0.3 is 4.90 Å². The van der Waals surface area contributed by atoms with E-state index in [9.17, 15) is 18.0 Å². The molecule has 2 aliphatic rings. The molecule has 1 atom stereocenters. The van der Waals surface area contributed by atoms with Gasteiger partial charge in [-0.05, 0) is 56.5 Å². The SMILES string of the molecule is C[C@@H]1CCCCN1C(=O)c1ccc2c(c1)S(=O)(=O)c1ccccc1C2=O. The zero-order valence-electron chi connectivity index (χ0n) is 14.4. The summed E-state index contributed by atoms with van der Waals surface area (Å²) in [6.45, 7) is 2.68. The molecule has 0 N–H and O–H groups in total.